The van der Waals surface area contributed by atoms with E-state index < -0.39 is 0 Å². The maximum absolute atomic E-state index is 5.88. The molecule has 1 aliphatic rings. The van der Waals surface area contributed by atoms with Crippen LogP contribution in [0.1, 0.15) is 25.8 Å². The molecule has 8 nitrogen and oxygen atoms in total. The smallest absolute Gasteiger partial charge is 0.191 e. The van der Waals surface area contributed by atoms with E-state index in [1.807, 2.05) is 12.1 Å². The number of nitrogens with zero attached hydrogens (tertiary/aromatic N) is 3. The van der Waals surface area contributed by atoms with Crippen LogP contribution in [0.2, 0.25) is 0 Å². The molecule has 2 heterocycles. The molecule has 0 bridgehead atoms. The van der Waals surface area contributed by atoms with Gasteiger partial charge in [-0.2, -0.15) is 5.10 Å². The maximum Gasteiger partial charge on any atom is 0.191 e. The lowest BCUT2D eigenvalue weighted by Crippen LogP contribution is -2.44. The number of hydrogen-bond donors (Lipinski definition) is 3. The number of hydrogen-bond acceptors (Lipinski definition) is 5. The summed E-state index contributed by atoms with van der Waals surface area (Å²) in [6, 6.07) is 8.29. The Kier molecular flexibility index (Phi) is 9.65. The average Bonchev–Trinajstić information content (AvgIpc) is 3.39. The Labute approximate surface area is 182 Å². The summed E-state index contributed by atoms with van der Waals surface area (Å²) in [5.74, 6) is 1.54. The molecule has 3 rings (SSSR count). The van der Waals surface area contributed by atoms with Crippen molar-refractivity contribution in [3.8, 4) is 11.4 Å². The Bertz CT molecular complexity index is 719. The number of aliphatic imine (C=N–C) groups is 1. The number of aromatic amines is 1. The van der Waals surface area contributed by atoms with Gasteiger partial charge >= 0.3 is 0 Å². The third-order valence-electron chi connectivity index (χ3n) is 4.23. The third kappa shape index (κ3) is 7.02. The SMILES string of the molecule is CCNC(=NCc1cccc(-c2ncn[nH]2)c1)NC(C)COC1CCOC1.I. The second-order valence-electron chi connectivity index (χ2n) is 6.59. The fraction of sp³-hybridized carbons (Fsp3) is 0.526. The van der Waals surface area contributed by atoms with E-state index in [1.165, 1.54) is 6.33 Å². The summed E-state index contributed by atoms with van der Waals surface area (Å²) in [4.78, 5) is 8.89. The van der Waals surface area contributed by atoms with E-state index in [2.05, 4.69) is 51.8 Å². The van der Waals surface area contributed by atoms with Gasteiger partial charge in [0.1, 0.15) is 6.33 Å². The number of guanidine groups is 1. The number of nitrogens with one attached hydrogen (secondary N) is 3. The molecule has 1 saturated heterocycles. The van der Waals surface area contributed by atoms with Gasteiger partial charge in [0.2, 0.25) is 0 Å². The highest BCUT2D eigenvalue weighted by Crippen LogP contribution is 2.16. The first kappa shape index (κ1) is 22.6. The molecule has 0 aliphatic carbocycles. The van der Waals surface area contributed by atoms with Crippen LogP contribution in [0.15, 0.2) is 35.6 Å². The second-order valence-corrected chi connectivity index (χ2v) is 6.59. The molecule has 2 unspecified atom stereocenters. The quantitative estimate of drug-likeness (QED) is 0.293. The lowest BCUT2D eigenvalue weighted by atomic mass is 10.1. The van der Waals surface area contributed by atoms with Crippen LogP contribution >= 0.6 is 24.0 Å². The molecule has 1 fully saturated rings. The lowest BCUT2D eigenvalue weighted by molar-refractivity contribution is 0.0347. The van der Waals surface area contributed by atoms with Gasteiger partial charge in [-0.05, 0) is 31.9 Å². The summed E-state index contributed by atoms with van der Waals surface area (Å²) < 4.78 is 11.2. The Hall–Kier alpha value is -1.72. The zero-order valence-corrected chi connectivity index (χ0v) is 18.7. The molecule has 0 saturated carbocycles. The van der Waals surface area contributed by atoms with Crippen LogP contribution in [0.5, 0.6) is 0 Å². The van der Waals surface area contributed by atoms with Crippen molar-refractivity contribution in [2.75, 3.05) is 26.4 Å². The van der Waals surface area contributed by atoms with E-state index in [1.54, 1.807) is 0 Å². The highest BCUT2D eigenvalue weighted by Gasteiger charge is 2.17. The zero-order valence-electron chi connectivity index (χ0n) is 16.4. The standard InChI is InChI=1S/C19H28N6O2.HI/c1-3-20-19(24-14(2)11-27-17-7-8-26-12-17)21-10-15-5-4-6-16(9-15)18-22-13-23-25-18;/h4-6,9,13-14,17H,3,7-8,10-12H2,1-2H3,(H2,20,21,24)(H,22,23,25);1H. The van der Waals surface area contributed by atoms with Crippen molar-refractivity contribution in [1.82, 2.24) is 25.8 Å². The van der Waals surface area contributed by atoms with Crippen LogP contribution in [-0.2, 0) is 16.0 Å². The van der Waals surface area contributed by atoms with Crippen molar-refractivity contribution in [2.24, 2.45) is 4.99 Å². The van der Waals surface area contributed by atoms with Crippen LogP contribution in [-0.4, -0.2) is 59.7 Å². The Morgan fingerprint density at radius 1 is 1.46 bits per heavy atom. The van der Waals surface area contributed by atoms with E-state index in [-0.39, 0.29) is 36.1 Å². The maximum atomic E-state index is 5.88. The van der Waals surface area contributed by atoms with Gasteiger partial charge in [0.05, 0.1) is 25.9 Å². The normalized spacial score (nSPS) is 17.8. The molecule has 154 valence electrons. The van der Waals surface area contributed by atoms with Gasteiger partial charge < -0.3 is 20.1 Å². The number of halogens is 1. The fourth-order valence-corrected chi connectivity index (χ4v) is 2.85. The van der Waals surface area contributed by atoms with Gasteiger partial charge in [-0.3, -0.25) is 5.10 Å². The first-order valence-electron chi connectivity index (χ1n) is 9.43. The van der Waals surface area contributed by atoms with Crippen LogP contribution in [0.25, 0.3) is 11.4 Å². The minimum absolute atomic E-state index is 0. The number of aromatic nitrogens is 3. The number of ether oxygens (including phenoxy) is 2. The molecule has 1 aromatic carbocycles. The van der Waals surface area contributed by atoms with Crippen LogP contribution < -0.4 is 10.6 Å². The fourth-order valence-electron chi connectivity index (χ4n) is 2.85. The van der Waals surface area contributed by atoms with Crippen LogP contribution in [0, 0.1) is 0 Å². The molecule has 28 heavy (non-hydrogen) atoms. The van der Waals surface area contributed by atoms with Gasteiger partial charge in [-0.1, -0.05) is 18.2 Å². The topological polar surface area (TPSA) is 96.5 Å². The zero-order chi connectivity index (χ0) is 18.9. The Morgan fingerprint density at radius 3 is 3.07 bits per heavy atom. The van der Waals surface area contributed by atoms with Crippen molar-refractivity contribution in [2.45, 2.75) is 39.0 Å². The molecular formula is C19H29IN6O2. The van der Waals surface area contributed by atoms with Gasteiger partial charge in [0.25, 0.3) is 0 Å². The van der Waals surface area contributed by atoms with Crippen LogP contribution in [0.4, 0.5) is 0 Å². The predicted molar refractivity (Wildman–Crippen MR) is 120 cm³/mol. The average molecular weight is 500 g/mol. The minimum atomic E-state index is 0. The van der Waals surface area contributed by atoms with Crippen molar-refractivity contribution in [1.29, 1.82) is 0 Å². The predicted octanol–water partition coefficient (Wildman–Crippen LogP) is 2.34. The summed E-state index contributed by atoms with van der Waals surface area (Å²) in [6.07, 6.45) is 2.70. The van der Waals surface area contributed by atoms with E-state index in [9.17, 15) is 0 Å². The number of benzene rings is 1. The molecule has 9 heteroatoms. The molecule has 0 radical (unpaired) electrons. The Balaban J connectivity index is 0.00000280. The molecule has 0 spiro atoms. The van der Waals surface area contributed by atoms with E-state index >= 15 is 0 Å². The molecule has 0 amide bonds. The van der Waals surface area contributed by atoms with Crippen molar-refractivity contribution in [3.63, 3.8) is 0 Å². The molecule has 1 aliphatic heterocycles. The van der Waals surface area contributed by atoms with Crippen molar-refractivity contribution < 1.29 is 9.47 Å². The number of rotatable bonds is 8. The highest BCUT2D eigenvalue weighted by atomic mass is 127. The first-order chi connectivity index (χ1) is 13.2. The van der Waals surface area contributed by atoms with E-state index in [0.29, 0.717) is 19.8 Å². The van der Waals surface area contributed by atoms with Crippen molar-refractivity contribution in [3.05, 3.63) is 36.2 Å². The van der Waals surface area contributed by atoms with Gasteiger partial charge in [0.15, 0.2) is 11.8 Å². The summed E-state index contributed by atoms with van der Waals surface area (Å²) >= 11 is 0. The minimum Gasteiger partial charge on any atom is -0.379 e. The first-order valence-corrected chi connectivity index (χ1v) is 9.43. The molecule has 1 aromatic heterocycles. The summed E-state index contributed by atoms with van der Waals surface area (Å²) in [7, 11) is 0. The van der Waals surface area contributed by atoms with Gasteiger partial charge in [-0.15, -0.1) is 24.0 Å². The van der Waals surface area contributed by atoms with Crippen LogP contribution in [0.3, 0.4) is 0 Å². The largest absolute Gasteiger partial charge is 0.379 e. The highest BCUT2D eigenvalue weighted by molar-refractivity contribution is 14.0. The molecule has 3 N–H and O–H groups in total. The van der Waals surface area contributed by atoms with Gasteiger partial charge in [-0.25, -0.2) is 9.98 Å². The molecular weight excluding hydrogens is 471 g/mol. The third-order valence-corrected chi connectivity index (χ3v) is 4.23. The summed E-state index contributed by atoms with van der Waals surface area (Å²) in [5, 5.41) is 13.5. The summed E-state index contributed by atoms with van der Waals surface area (Å²) in [6.45, 7) is 7.63. The van der Waals surface area contributed by atoms with E-state index in [0.717, 1.165) is 42.5 Å². The monoisotopic (exact) mass is 500 g/mol. The lowest BCUT2D eigenvalue weighted by Gasteiger charge is -2.19. The van der Waals surface area contributed by atoms with Gasteiger partial charge in [0, 0.05) is 24.8 Å². The van der Waals surface area contributed by atoms with Crippen molar-refractivity contribution >= 4 is 29.9 Å². The van der Waals surface area contributed by atoms with E-state index in [4.69, 9.17) is 14.5 Å². The summed E-state index contributed by atoms with van der Waals surface area (Å²) in [5.41, 5.74) is 2.10. The Morgan fingerprint density at radius 2 is 2.36 bits per heavy atom. The second kappa shape index (κ2) is 12.0. The molecule has 2 atom stereocenters. The molecule has 2 aromatic rings. The number of H-pyrrole nitrogens is 1.